The molecule has 4 nitrogen and oxygen atoms in total. The van der Waals surface area contributed by atoms with E-state index >= 15 is 0 Å². The number of halogens is 1. The molecule has 1 aliphatic rings. The van der Waals surface area contributed by atoms with Crippen LogP contribution in [0.3, 0.4) is 0 Å². The van der Waals surface area contributed by atoms with E-state index in [9.17, 15) is 0 Å². The van der Waals surface area contributed by atoms with Crippen LogP contribution < -0.4 is 10.2 Å². The van der Waals surface area contributed by atoms with Gasteiger partial charge in [0.15, 0.2) is 0 Å². The lowest BCUT2D eigenvalue weighted by Gasteiger charge is -2.18. The minimum Gasteiger partial charge on any atom is -0.372 e. The molecular weight excluding hydrogens is 272 g/mol. The Labute approximate surface area is 123 Å². The maximum Gasteiger partial charge on any atom is 0.224 e. The standard InChI is InChI=1S/C15H17ClN4/c1-11-10-17-15(16)19-14(11)18-12-4-6-13(7-5-12)20-8-2-3-9-20/h4-7,10H,2-3,8-9H2,1H3,(H,17,18,19). The highest BCUT2D eigenvalue weighted by atomic mass is 35.5. The van der Waals surface area contributed by atoms with Crippen LogP contribution in [0.4, 0.5) is 17.2 Å². The summed E-state index contributed by atoms with van der Waals surface area (Å²) in [6.45, 7) is 4.28. The Morgan fingerprint density at radius 2 is 1.85 bits per heavy atom. The van der Waals surface area contributed by atoms with Gasteiger partial charge in [-0.15, -0.1) is 0 Å². The first-order valence-electron chi connectivity index (χ1n) is 6.83. The summed E-state index contributed by atoms with van der Waals surface area (Å²) in [5.74, 6) is 0.749. The molecule has 1 aliphatic heterocycles. The molecule has 2 aromatic rings. The van der Waals surface area contributed by atoms with Crippen LogP contribution in [0.15, 0.2) is 30.5 Å². The van der Waals surface area contributed by atoms with Gasteiger partial charge in [-0.1, -0.05) is 0 Å². The minimum atomic E-state index is 0.256. The molecule has 5 heteroatoms. The van der Waals surface area contributed by atoms with Crippen LogP contribution in [0.1, 0.15) is 18.4 Å². The van der Waals surface area contributed by atoms with Crippen LogP contribution in [0.25, 0.3) is 0 Å². The Kier molecular flexibility index (Phi) is 3.74. The quantitative estimate of drug-likeness (QED) is 0.873. The maximum absolute atomic E-state index is 5.83. The van der Waals surface area contributed by atoms with Crippen molar-refractivity contribution in [3.05, 3.63) is 41.3 Å². The Bertz CT molecular complexity index is 591. The fourth-order valence-corrected chi connectivity index (χ4v) is 2.55. The topological polar surface area (TPSA) is 41.1 Å². The molecule has 0 atom stereocenters. The third-order valence-corrected chi connectivity index (χ3v) is 3.73. The molecule has 2 heterocycles. The van der Waals surface area contributed by atoms with Crippen molar-refractivity contribution in [2.75, 3.05) is 23.3 Å². The van der Waals surface area contributed by atoms with Crippen LogP contribution in [0.2, 0.25) is 5.28 Å². The van der Waals surface area contributed by atoms with E-state index in [2.05, 4.69) is 44.5 Å². The van der Waals surface area contributed by atoms with E-state index in [0.29, 0.717) is 0 Å². The molecule has 0 saturated carbocycles. The summed E-state index contributed by atoms with van der Waals surface area (Å²) in [6.07, 6.45) is 4.30. The summed E-state index contributed by atoms with van der Waals surface area (Å²) in [5, 5.41) is 3.53. The number of hydrogen-bond donors (Lipinski definition) is 1. The number of aryl methyl sites for hydroxylation is 1. The lowest BCUT2D eigenvalue weighted by molar-refractivity contribution is 0.949. The highest BCUT2D eigenvalue weighted by Gasteiger charge is 2.12. The molecule has 1 aromatic carbocycles. The number of nitrogens with one attached hydrogen (secondary N) is 1. The van der Waals surface area contributed by atoms with Gasteiger partial charge in [0.25, 0.3) is 0 Å². The fraction of sp³-hybridized carbons (Fsp3) is 0.333. The number of nitrogens with zero attached hydrogens (tertiary/aromatic N) is 3. The fourth-order valence-electron chi connectivity index (χ4n) is 2.41. The van der Waals surface area contributed by atoms with Gasteiger partial charge in [-0.2, -0.15) is 0 Å². The molecule has 1 N–H and O–H groups in total. The van der Waals surface area contributed by atoms with Gasteiger partial charge in [0, 0.05) is 36.2 Å². The van der Waals surface area contributed by atoms with E-state index in [1.807, 2.05) is 6.92 Å². The van der Waals surface area contributed by atoms with Crippen molar-refractivity contribution in [2.45, 2.75) is 19.8 Å². The zero-order valence-corrected chi connectivity index (χ0v) is 12.2. The van der Waals surface area contributed by atoms with Crippen molar-refractivity contribution in [3.8, 4) is 0 Å². The third-order valence-electron chi connectivity index (χ3n) is 3.54. The van der Waals surface area contributed by atoms with Crippen LogP contribution >= 0.6 is 11.6 Å². The largest absolute Gasteiger partial charge is 0.372 e. The van der Waals surface area contributed by atoms with E-state index < -0.39 is 0 Å². The first-order valence-corrected chi connectivity index (χ1v) is 7.21. The van der Waals surface area contributed by atoms with E-state index in [1.54, 1.807) is 6.20 Å². The van der Waals surface area contributed by atoms with E-state index in [1.165, 1.54) is 18.5 Å². The van der Waals surface area contributed by atoms with E-state index in [0.717, 1.165) is 30.2 Å². The van der Waals surface area contributed by atoms with Gasteiger partial charge < -0.3 is 10.2 Å². The molecule has 3 rings (SSSR count). The summed E-state index contributed by atoms with van der Waals surface area (Å²) < 4.78 is 0. The van der Waals surface area contributed by atoms with Crippen molar-refractivity contribution in [3.63, 3.8) is 0 Å². The molecular formula is C15H17ClN4. The summed E-state index contributed by atoms with van der Waals surface area (Å²) in [5.41, 5.74) is 3.26. The smallest absolute Gasteiger partial charge is 0.224 e. The van der Waals surface area contributed by atoms with Gasteiger partial charge in [-0.3, -0.25) is 0 Å². The van der Waals surface area contributed by atoms with Crippen molar-refractivity contribution >= 4 is 28.8 Å². The molecule has 0 unspecified atom stereocenters. The molecule has 1 saturated heterocycles. The number of benzene rings is 1. The average molecular weight is 289 g/mol. The Morgan fingerprint density at radius 1 is 1.15 bits per heavy atom. The molecule has 0 spiro atoms. The van der Waals surface area contributed by atoms with Crippen molar-refractivity contribution in [1.29, 1.82) is 0 Å². The van der Waals surface area contributed by atoms with Crippen molar-refractivity contribution < 1.29 is 0 Å². The Hall–Kier alpha value is -1.81. The lowest BCUT2D eigenvalue weighted by Crippen LogP contribution is -2.17. The summed E-state index contributed by atoms with van der Waals surface area (Å²) in [7, 11) is 0. The van der Waals surface area contributed by atoms with Crippen molar-refractivity contribution in [1.82, 2.24) is 9.97 Å². The Balaban J connectivity index is 1.76. The summed E-state index contributed by atoms with van der Waals surface area (Å²) in [4.78, 5) is 10.6. The lowest BCUT2D eigenvalue weighted by atomic mass is 10.2. The van der Waals surface area contributed by atoms with Gasteiger partial charge in [0.1, 0.15) is 5.82 Å². The van der Waals surface area contributed by atoms with Crippen molar-refractivity contribution in [2.24, 2.45) is 0 Å². The van der Waals surface area contributed by atoms with Crippen LogP contribution in [0, 0.1) is 6.92 Å². The number of hydrogen-bond acceptors (Lipinski definition) is 4. The molecule has 0 amide bonds. The van der Waals surface area contributed by atoms with Gasteiger partial charge in [0.2, 0.25) is 5.28 Å². The molecule has 1 fully saturated rings. The monoisotopic (exact) mass is 288 g/mol. The van der Waals surface area contributed by atoms with Gasteiger partial charge >= 0.3 is 0 Å². The predicted octanol–water partition coefficient (Wildman–Crippen LogP) is 3.78. The van der Waals surface area contributed by atoms with E-state index in [4.69, 9.17) is 11.6 Å². The van der Waals surface area contributed by atoms with Gasteiger partial charge in [-0.05, 0) is 55.6 Å². The summed E-state index contributed by atoms with van der Waals surface area (Å²) >= 11 is 5.83. The molecule has 104 valence electrons. The maximum atomic E-state index is 5.83. The SMILES string of the molecule is Cc1cnc(Cl)nc1Nc1ccc(N2CCCC2)cc1. The second-order valence-corrected chi connectivity index (χ2v) is 5.37. The normalized spacial score (nSPS) is 14.6. The zero-order chi connectivity index (χ0) is 13.9. The molecule has 20 heavy (non-hydrogen) atoms. The predicted molar refractivity (Wildman–Crippen MR) is 83.0 cm³/mol. The van der Waals surface area contributed by atoms with Gasteiger partial charge in [-0.25, -0.2) is 9.97 Å². The first kappa shape index (κ1) is 13.2. The minimum absolute atomic E-state index is 0.256. The molecule has 0 aliphatic carbocycles. The van der Waals surface area contributed by atoms with Gasteiger partial charge in [0.05, 0.1) is 0 Å². The van der Waals surface area contributed by atoms with Crippen LogP contribution in [0.5, 0.6) is 0 Å². The molecule has 1 aromatic heterocycles. The number of anilines is 3. The highest BCUT2D eigenvalue weighted by molar-refractivity contribution is 6.28. The third kappa shape index (κ3) is 2.85. The van der Waals surface area contributed by atoms with Crippen LogP contribution in [-0.4, -0.2) is 23.1 Å². The molecule has 0 radical (unpaired) electrons. The average Bonchev–Trinajstić information content (AvgIpc) is 2.98. The number of aromatic nitrogens is 2. The zero-order valence-electron chi connectivity index (χ0n) is 11.4. The van der Waals surface area contributed by atoms with E-state index in [-0.39, 0.29) is 5.28 Å². The Morgan fingerprint density at radius 3 is 2.55 bits per heavy atom. The highest BCUT2D eigenvalue weighted by Crippen LogP contribution is 2.24. The second kappa shape index (κ2) is 5.67. The number of rotatable bonds is 3. The second-order valence-electron chi connectivity index (χ2n) is 5.04. The van der Waals surface area contributed by atoms with Crippen LogP contribution in [-0.2, 0) is 0 Å². The molecule has 0 bridgehead atoms. The summed E-state index contributed by atoms with van der Waals surface area (Å²) in [6, 6.07) is 8.43. The first-order chi connectivity index (χ1) is 9.72.